The van der Waals surface area contributed by atoms with Gasteiger partial charge in [0.05, 0.1) is 0 Å². The zero-order valence-corrected chi connectivity index (χ0v) is 7.27. The highest BCUT2D eigenvalue weighted by molar-refractivity contribution is 7.18. The van der Waals surface area contributed by atoms with Crippen LogP contribution in [0, 0.1) is 0 Å². The molecule has 2 heteroatoms. The molecular formula is C7H16NP. The van der Waals surface area contributed by atoms with Crippen molar-refractivity contribution in [1.29, 1.82) is 0 Å². The molecule has 0 amide bonds. The second-order valence-electron chi connectivity index (χ2n) is 3.26. The molecular weight excluding hydrogens is 129 g/mol. The summed E-state index contributed by atoms with van der Waals surface area (Å²) in [6.07, 6.45) is 3.99. The van der Waals surface area contributed by atoms with E-state index in [1.807, 2.05) is 0 Å². The Bertz CT molecular complexity index is 80.9. The first-order valence-corrected chi connectivity index (χ1v) is 4.28. The van der Waals surface area contributed by atoms with Crippen molar-refractivity contribution < 1.29 is 0 Å². The van der Waals surface area contributed by atoms with E-state index in [1.165, 1.54) is 32.4 Å². The van der Waals surface area contributed by atoms with Crippen molar-refractivity contribution in [2.75, 3.05) is 13.1 Å². The predicted octanol–water partition coefficient (Wildman–Crippen LogP) is 1.39. The van der Waals surface area contributed by atoms with E-state index in [0.717, 1.165) is 0 Å². The summed E-state index contributed by atoms with van der Waals surface area (Å²) in [5, 5.41) is 3.91. The largest absolute Gasteiger partial charge is 0.317 e. The maximum atomic E-state index is 3.39. The third kappa shape index (κ3) is 2.64. The van der Waals surface area contributed by atoms with Crippen LogP contribution in [0.2, 0.25) is 0 Å². The Morgan fingerprint density at radius 2 is 2.11 bits per heavy atom. The van der Waals surface area contributed by atoms with E-state index in [4.69, 9.17) is 0 Å². The van der Waals surface area contributed by atoms with Crippen LogP contribution in [0.25, 0.3) is 0 Å². The maximum absolute atomic E-state index is 3.39. The number of hydrogen-bond donors (Lipinski definition) is 1. The van der Waals surface area contributed by atoms with E-state index in [0.29, 0.717) is 5.16 Å². The van der Waals surface area contributed by atoms with Gasteiger partial charge in [-0.15, -0.1) is 9.24 Å². The van der Waals surface area contributed by atoms with Gasteiger partial charge in [0, 0.05) is 0 Å². The molecule has 0 radical (unpaired) electrons. The molecule has 0 aliphatic carbocycles. The highest BCUT2D eigenvalue weighted by Gasteiger charge is 2.18. The third-order valence-electron chi connectivity index (χ3n) is 1.97. The van der Waals surface area contributed by atoms with E-state index in [1.54, 1.807) is 0 Å². The average molecular weight is 145 g/mol. The van der Waals surface area contributed by atoms with Crippen LogP contribution >= 0.6 is 9.24 Å². The summed E-state index contributed by atoms with van der Waals surface area (Å²) in [7, 11) is 2.96. The second kappa shape index (κ2) is 2.98. The number of nitrogens with one attached hydrogen (secondary N) is 1. The van der Waals surface area contributed by atoms with Crippen LogP contribution in [-0.2, 0) is 0 Å². The average Bonchev–Trinajstić information content (AvgIpc) is 1.92. The molecule has 1 saturated heterocycles. The highest BCUT2D eigenvalue weighted by Crippen LogP contribution is 2.28. The molecule has 1 heterocycles. The minimum atomic E-state index is 0.517. The lowest BCUT2D eigenvalue weighted by molar-refractivity contribution is 0.571. The molecule has 0 spiro atoms. The topological polar surface area (TPSA) is 12.0 Å². The minimum Gasteiger partial charge on any atom is -0.317 e. The Labute approximate surface area is 59.8 Å². The Morgan fingerprint density at radius 1 is 1.33 bits per heavy atom. The minimum absolute atomic E-state index is 0.517. The van der Waals surface area contributed by atoms with Crippen LogP contribution < -0.4 is 5.32 Å². The summed E-state index contributed by atoms with van der Waals surface area (Å²) in [6, 6.07) is 0. The van der Waals surface area contributed by atoms with Crippen molar-refractivity contribution in [1.82, 2.24) is 5.32 Å². The summed E-state index contributed by atoms with van der Waals surface area (Å²) in [5.41, 5.74) is 0. The first-order chi connectivity index (χ1) is 4.21. The van der Waals surface area contributed by atoms with Crippen LogP contribution in [0.3, 0.4) is 0 Å². The predicted molar refractivity (Wildman–Crippen MR) is 44.8 cm³/mol. The SMILES string of the molecule is CC1(P)CCCNCC1. The molecule has 0 aromatic heterocycles. The number of hydrogen-bond acceptors (Lipinski definition) is 1. The molecule has 1 nitrogen and oxygen atoms in total. The molecule has 2 atom stereocenters. The van der Waals surface area contributed by atoms with Gasteiger partial charge in [-0.1, -0.05) is 6.92 Å². The van der Waals surface area contributed by atoms with Gasteiger partial charge in [-0.25, -0.2) is 0 Å². The maximum Gasteiger partial charge on any atom is -0.00405 e. The fourth-order valence-corrected chi connectivity index (χ4v) is 1.59. The molecule has 1 aliphatic rings. The Balaban J connectivity index is 2.36. The van der Waals surface area contributed by atoms with Crippen molar-refractivity contribution in [3.63, 3.8) is 0 Å². The van der Waals surface area contributed by atoms with Gasteiger partial charge >= 0.3 is 0 Å². The van der Waals surface area contributed by atoms with Gasteiger partial charge in [0.1, 0.15) is 0 Å². The smallest absolute Gasteiger partial charge is 0.00405 e. The van der Waals surface area contributed by atoms with E-state index in [2.05, 4.69) is 21.5 Å². The van der Waals surface area contributed by atoms with Crippen molar-refractivity contribution in [3.8, 4) is 0 Å². The first kappa shape index (κ1) is 7.50. The first-order valence-electron chi connectivity index (χ1n) is 3.70. The van der Waals surface area contributed by atoms with E-state index < -0.39 is 0 Å². The summed E-state index contributed by atoms with van der Waals surface area (Å²) in [4.78, 5) is 0. The van der Waals surface area contributed by atoms with Crippen molar-refractivity contribution >= 4 is 9.24 Å². The van der Waals surface area contributed by atoms with Crippen LogP contribution in [0.1, 0.15) is 26.2 Å². The molecule has 0 saturated carbocycles. The van der Waals surface area contributed by atoms with Gasteiger partial charge in [-0.2, -0.15) is 0 Å². The lowest BCUT2D eigenvalue weighted by Gasteiger charge is -2.20. The van der Waals surface area contributed by atoms with Gasteiger partial charge in [0.2, 0.25) is 0 Å². The van der Waals surface area contributed by atoms with Crippen LogP contribution in [-0.4, -0.2) is 18.2 Å². The summed E-state index contributed by atoms with van der Waals surface area (Å²) >= 11 is 0. The second-order valence-corrected chi connectivity index (χ2v) is 4.65. The Hall–Kier alpha value is 0.390. The van der Waals surface area contributed by atoms with Gasteiger partial charge < -0.3 is 5.32 Å². The lowest BCUT2D eigenvalue weighted by Crippen LogP contribution is -2.18. The molecule has 1 N–H and O–H groups in total. The molecule has 1 rings (SSSR count). The van der Waals surface area contributed by atoms with E-state index in [9.17, 15) is 0 Å². The molecule has 0 bridgehead atoms. The molecule has 54 valence electrons. The van der Waals surface area contributed by atoms with Crippen LogP contribution in [0.15, 0.2) is 0 Å². The van der Waals surface area contributed by atoms with Gasteiger partial charge in [0.15, 0.2) is 0 Å². The highest BCUT2D eigenvalue weighted by atomic mass is 31.0. The summed E-state index contributed by atoms with van der Waals surface area (Å²) in [6.45, 7) is 4.73. The van der Waals surface area contributed by atoms with Crippen molar-refractivity contribution in [2.24, 2.45) is 0 Å². The third-order valence-corrected chi connectivity index (χ3v) is 2.55. The van der Waals surface area contributed by atoms with Gasteiger partial charge in [0.25, 0.3) is 0 Å². The fraction of sp³-hybridized carbons (Fsp3) is 1.00. The van der Waals surface area contributed by atoms with Gasteiger partial charge in [-0.05, 0) is 37.5 Å². The molecule has 9 heavy (non-hydrogen) atoms. The monoisotopic (exact) mass is 145 g/mol. The quantitative estimate of drug-likeness (QED) is 0.508. The van der Waals surface area contributed by atoms with Gasteiger partial charge in [-0.3, -0.25) is 0 Å². The summed E-state index contributed by atoms with van der Waals surface area (Å²) in [5.74, 6) is 0. The van der Waals surface area contributed by atoms with Crippen molar-refractivity contribution in [3.05, 3.63) is 0 Å². The fourth-order valence-electron chi connectivity index (χ4n) is 1.24. The standard InChI is InChI=1S/C7H16NP/c1-7(9)3-2-5-8-6-4-7/h8H,2-6,9H2,1H3. The Morgan fingerprint density at radius 3 is 2.89 bits per heavy atom. The van der Waals surface area contributed by atoms with Crippen LogP contribution in [0.5, 0.6) is 0 Å². The molecule has 2 unspecified atom stereocenters. The number of rotatable bonds is 0. The molecule has 1 aliphatic heterocycles. The van der Waals surface area contributed by atoms with Crippen LogP contribution in [0.4, 0.5) is 0 Å². The van der Waals surface area contributed by atoms with E-state index >= 15 is 0 Å². The lowest BCUT2D eigenvalue weighted by atomic mass is 10.0. The molecule has 1 fully saturated rings. The molecule has 0 aromatic rings. The zero-order chi connectivity index (χ0) is 6.74. The van der Waals surface area contributed by atoms with E-state index in [-0.39, 0.29) is 0 Å². The normalized spacial score (nSPS) is 38.0. The zero-order valence-electron chi connectivity index (χ0n) is 6.11. The summed E-state index contributed by atoms with van der Waals surface area (Å²) < 4.78 is 0. The molecule has 0 aromatic carbocycles. The van der Waals surface area contributed by atoms with Crippen molar-refractivity contribution in [2.45, 2.75) is 31.3 Å². The Kier molecular flexibility index (Phi) is 2.49.